The molecule has 0 aromatic heterocycles. The highest BCUT2D eigenvalue weighted by atomic mass is 16.5. The van der Waals surface area contributed by atoms with E-state index in [-0.39, 0.29) is 0 Å². The third-order valence-corrected chi connectivity index (χ3v) is 4.05. The van der Waals surface area contributed by atoms with Crippen LogP contribution in [0.5, 0.6) is 5.75 Å². The Morgan fingerprint density at radius 2 is 1.75 bits per heavy atom. The van der Waals surface area contributed by atoms with Crippen molar-refractivity contribution in [3.8, 4) is 5.75 Å². The first-order valence-electron chi connectivity index (χ1n) is 7.28. The van der Waals surface area contributed by atoms with E-state index in [4.69, 9.17) is 4.74 Å². The van der Waals surface area contributed by atoms with Gasteiger partial charge in [0.1, 0.15) is 5.75 Å². The SMILES string of the molecule is CC1COc2ccccc2C1N[C@H](C)c1ccccc1. The highest BCUT2D eigenvalue weighted by Gasteiger charge is 2.28. The lowest BCUT2D eigenvalue weighted by molar-refractivity contribution is 0.182. The molecule has 0 saturated carbocycles. The molecule has 2 unspecified atom stereocenters. The van der Waals surface area contributed by atoms with E-state index in [2.05, 4.69) is 67.7 Å². The summed E-state index contributed by atoms with van der Waals surface area (Å²) in [5, 5.41) is 3.76. The van der Waals surface area contributed by atoms with Crippen molar-refractivity contribution in [2.75, 3.05) is 6.61 Å². The van der Waals surface area contributed by atoms with Crippen LogP contribution in [0.1, 0.15) is 37.1 Å². The Kier molecular flexibility index (Phi) is 3.75. The molecule has 3 rings (SSSR count). The zero-order valence-electron chi connectivity index (χ0n) is 12.0. The first kappa shape index (κ1) is 13.2. The Morgan fingerprint density at radius 1 is 1.05 bits per heavy atom. The summed E-state index contributed by atoms with van der Waals surface area (Å²) in [7, 11) is 0. The molecule has 1 heterocycles. The van der Waals surface area contributed by atoms with E-state index < -0.39 is 0 Å². The zero-order valence-corrected chi connectivity index (χ0v) is 12.0. The smallest absolute Gasteiger partial charge is 0.124 e. The molecule has 2 aromatic rings. The van der Waals surface area contributed by atoms with Crippen molar-refractivity contribution in [2.24, 2.45) is 5.92 Å². The molecule has 1 N–H and O–H groups in total. The number of hydrogen-bond donors (Lipinski definition) is 1. The van der Waals surface area contributed by atoms with E-state index in [1.807, 2.05) is 6.07 Å². The minimum Gasteiger partial charge on any atom is -0.493 e. The minimum absolute atomic E-state index is 0.329. The van der Waals surface area contributed by atoms with Crippen molar-refractivity contribution in [2.45, 2.75) is 25.9 Å². The average molecular weight is 267 g/mol. The molecule has 0 aliphatic carbocycles. The summed E-state index contributed by atoms with van der Waals surface area (Å²) >= 11 is 0. The Balaban J connectivity index is 1.83. The first-order chi connectivity index (χ1) is 9.75. The van der Waals surface area contributed by atoms with E-state index in [0.29, 0.717) is 18.0 Å². The number of rotatable bonds is 3. The number of fused-ring (bicyclic) bond motifs is 1. The third-order valence-electron chi connectivity index (χ3n) is 4.05. The van der Waals surface area contributed by atoms with Gasteiger partial charge in [0.15, 0.2) is 0 Å². The molecule has 20 heavy (non-hydrogen) atoms. The van der Waals surface area contributed by atoms with Crippen LogP contribution in [0.2, 0.25) is 0 Å². The van der Waals surface area contributed by atoms with Crippen molar-refractivity contribution in [3.05, 3.63) is 65.7 Å². The molecule has 104 valence electrons. The molecule has 0 saturated heterocycles. The number of ether oxygens (including phenoxy) is 1. The maximum absolute atomic E-state index is 5.81. The van der Waals surface area contributed by atoms with E-state index in [0.717, 1.165) is 12.4 Å². The van der Waals surface area contributed by atoms with Crippen LogP contribution < -0.4 is 10.1 Å². The molecule has 2 aromatic carbocycles. The molecule has 0 radical (unpaired) electrons. The molecule has 3 atom stereocenters. The predicted octanol–water partition coefficient (Wildman–Crippen LogP) is 4.11. The first-order valence-corrected chi connectivity index (χ1v) is 7.28. The van der Waals surface area contributed by atoms with Crippen LogP contribution in [-0.2, 0) is 0 Å². The molecule has 2 nitrogen and oxygen atoms in total. The van der Waals surface area contributed by atoms with Crippen LogP contribution in [0.4, 0.5) is 0 Å². The Labute approximate surface area is 120 Å². The summed E-state index contributed by atoms with van der Waals surface area (Å²) in [6.07, 6.45) is 0. The Morgan fingerprint density at radius 3 is 2.55 bits per heavy atom. The third kappa shape index (κ3) is 2.56. The van der Waals surface area contributed by atoms with E-state index in [9.17, 15) is 0 Å². The standard InChI is InChI=1S/C18H21NO/c1-13-12-20-17-11-7-6-10-16(17)18(13)19-14(2)15-8-4-3-5-9-15/h3-11,13-14,18-19H,12H2,1-2H3/t13?,14-,18?/m1/s1. The van der Waals surface area contributed by atoms with Gasteiger partial charge in [-0.25, -0.2) is 0 Å². The zero-order chi connectivity index (χ0) is 13.9. The van der Waals surface area contributed by atoms with Gasteiger partial charge in [-0.05, 0) is 18.6 Å². The molecular weight excluding hydrogens is 246 g/mol. The maximum Gasteiger partial charge on any atom is 0.124 e. The second kappa shape index (κ2) is 5.68. The number of benzene rings is 2. The molecule has 0 bridgehead atoms. The number of nitrogens with one attached hydrogen (secondary N) is 1. The lowest BCUT2D eigenvalue weighted by atomic mass is 9.91. The largest absolute Gasteiger partial charge is 0.493 e. The van der Waals surface area contributed by atoms with Crippen molar-refractivity contribution in [3.63, 3.8) is 0 Å². The minimum atomic E-state index is 0.329. The second-order valence-electron chi connectivity index (χ2n) is 5.60. The quantitative estimate of drug-likeness (QED) is 0.903. The predicted molar refractivity (Wildman–Crippen MR) is 81.8 cm³/mol. The van der Waals surface area contributed by atoms with Crippen molar-refractivity contribution >= 4 is 0 Å². The molecule has 2 heteroatoms. The second-order valence-corrected chi connectivity index (χ2v) is 5.60. The fourth-order valence-corrected chi connectivity index (χ4v) is 2.85. The van der Waals surface area contributed by atoms with Gasteiger partial charge < -0.3 is 10.1 Å². The molecule has 0 amide bonds. The summed E-state index contributed by atoms with van der Waals surface area (Å²) in [6, 6.07) is 19.6. The fraction of sp³-hybridized carbons (Fsp3) is 0.333. The molecule has 1 aliphatic rings. The Hall–Kier alpha value is -1.80. The van der Waals surface area contributed by atoms with Crippen LogP contribution in [0, 0.1) is 5.92 Å². The molecule has 1 aliphatic heterocycles. The lowest BCUT2D eigenvalue weighted by Gasteiger charge is -2.34. The van der Waals surface area contributed by atoms with Gasteiger partial charge >= 0.3 is 0 Å². The van der Waals surface area contributed by atoms with Gasteiger partial charge in [0.2, 0.25) is 0 Å². The average Bonchev–Trinajstić information content (AvgIpc) is 2.51. The monoisotopic (exact) mass is 267 g/mol. The summed E-state index contributed by atoms with van der Waals surface area (Å²) in [5.41, 5.74) is 2.60. The van der Waals surface area contributed by atoms with E-state index in [1.54, 1.807) is 0 Å². The summed E-state index contributed by atoms with van der Waals surface area (Å²) in [4.78, 5) is 0. The molecular formula is C18H21NO. The van der Waals surface area contributed by atoms with Crippen LogP contribution >= 0.6 is 0 Å². The van der Waals surface area contributed by atoms with Crippen LogP contribution in [0.25, 0.3) is 0 Å². The van der Waals surface area contributed by atoms with Crippen molar-refractivity contribution in [1.82, 2.24) is 5.32 Å². The van der Waals surface area contributed by atoms with Gasteiger partial charge in [-0.3, -0.25) is 0 Å². The summed E-state index contributed by atoms with van der Waals surface area (Å²) in [6.45, 7) is 5.24. The van der Waals surface area contributed by atoms with Crippen molar-refractivity contribution in [1.29, 1.82) is 0 Å². The topological polar surface area (TPSA) is 21.3 Å². The summed E-state index contributed by atoms with van der Waals surface area (Å²) in [5.74, 6) is 1.49. The summed E-state index contributed by atoms with van der Waals surface area (Å²) < 4.78 is 5.81. The molecule has 0 fully saturated rings. The molecule has 0 spiro atoms. The Bertz CT molecular complexity index is 567. The normalized spacial score (nSPS) is 22.7. The maximum atomic E-state index is 5.81. The van der Waals surface area contributed by atoms with E-state index >= 15 is 0 Å². The highest BCUT2D eigenvalue weighted by Crippen LogP contribution is 2.36. The van der Waals surface area contributed by atoms with Gasteiger partial charge in [-0.1, -0.05) is 55.5 Å². The van der Waals surface area contributed by atoms with Gasteiger partial charge in [0.05, 0.1) is 6.61 Å². The van der Waals surface area contributed by atoms with Crippen LogP contribution in [0.15, 0.2) is 54.6 Å². The van der Waals surface area contributed by atoms with Gasteiger partial charge in [-0.2, -0.15) is 0 Å². The van der Waals surface area contributed by atoms with Crippen LogP contribution in [0.3, 0.4) is 0 Å². The van der Waals surface area contributed by atoms with Gasteiger partial charge in [-0.15, -0.1) is 0 Å². The van der Waals surface area contributed by atoms with E-state index in [1.165, 1.54) is 11.1 Å². The van der Waals surface area contributed by atoms with Gasteiger partial charge in [0, 0.05) is 23.6 Å². The fourth-order valence-electron chi connectivity index (χ4n) is 2.85. The number of hydrogen-bond acceptors (Lipinski definition) is 2. The lowest BCUT2D eigenvalue weighted by Crippen LogP contribution is -2.35. The van der Waals surface area contributed by atoms with Gasteiger partial charge in [0.25, 0.3) is 0 Å². The highest BCUT2D eigenvalue weighted by molar-refractivity contribution is 5.38. The van der Waals surface area contributed by atoms with Crippen LogP contribution in [-0.4, -0.2) is 6.61 Å². The van der Waals surface area contributed by atoms with Crippen molar-refractivity contribution < 1.29 is 4.74 Å². The number of para-hydroxylation sites is 1.